The first-order valence-electron chi connectivity index (χ1n) is 6.51. The molecular formula is C15H16N4O2. The zero-order valence-electron chi connectivity index (χ0n) is 12.1. The summed E-state index contributed by atoms with van der Waals surface area (Å²) in [5.74, 6) is 2.00. The highest BCUT2D eigenvalue weighted by atomic mass is 16.5. The molecule has 0 spiro atoms. The van der Waals surface area contributed by atoms with E-state index < -0.39 is 0 Å². The molecule has 6 nitrogen and oxygen atoms in total. The minimum Gasteiger partial charge on any atom is -0.493 e. The van der Waals surface area contributed by atoms with Gasteiger partial charge in [0.1, 0.15) is 0 Å². The molecule has 0 bridgehead atoms. The molecule has 21 heavy (non-hydrogen) atoms. The van der Waals surface area contributed by atoms with Crippen LogP contribution in [0.4, 0.5) is 5.95 Å². The summed E-state index contributed by atoms with van der Waals surface area (Å²) < 4.78 is 12.3. The third-order valence-electron chi connectivity index (χ3n) is 3.27. The number of ether oxygens (including phenoxy) is 2. The molecule has 0 aliphatic rings. The molecule has 0 fully saturated rings. The number of nitrogens with one attached hydrogen (secondary N) is 1. The molecule has 3 rings (SSSR count). The maximum absolute atomic E-state index is 5.34. The van der Waals surface area contributed by atoms with Crippen LogP contribution < -0.4 is 14.8 Å². The molecular weight excluding hydrogens is 268 g/mol. The standard InChI is InChI=1S/C15H16N4O2/c1-16-15-17-14-7-5-11(9-19(14)18-15)10-4-6-12(20-2)13(8-10)21-3/h4-9H,1-3H3,(H,16,18). The van der Waals surface area contributed by atoms with E-state index in [4.69, 9.17) is 9.47 Å². The molecule has 0 aliphatic carbocycles. The van der Waals surface area contributed by atoms with Crippen LogP contribution in [0.5, 0.6) is 11.5 Å². The van der Waals surface area contributed by atoms with E-state index in [1.54, 1.807) is 25.8 Å². The average Bonchev–Trinajstić information content (AvgIpc) is 2.96. The molecule has 6 heteroatoms. The van der Waals surface area contributed by atoms with Crippen LogP contribution in [0, 0.1) is 0 Å². The molecule has 1 N–H and O–H groups in total. The number of rotatable bonds is 4. The molecule has 0 saturated heterocycles. The Morgan fingerprint density at radius 1 is 1.00 bits per heavy atom. The SMILES string of the molecule is CNc1nc2ccc(-c3ccc(OC)c(OC)c3)cn2n1. The Bertz CT molecular complexity index is 782. The Morgan fingerprint density at radius 3 is 2.48 bits per heavy atom. The Hall–Kier alpha value is -2.76. The van der Waals surface area contributed by atoms with Crippen molar-refractivity contribution in [3.05, 3.63) is 36.5 Å². The molecule has 0 amide bonds. The van der Waals surface area contributed by atoms with Crippen molar-refractivity contribution in [2.45, 2.75) is 0 Å². The number of fused-ring (bicyclic) bond motifs is 1. The summed E-state index contributed by atoms with van der Waals surface area (Å²) >= 11 is 0. The highest BCUT2D eigenvalue weighted by Gasteiger charge is 2.08. The lowest BCUT2D eigenvalue weighted by atomic mass is 10.1. The van der Waals surface area contributed by atoms with Crippen molar-refractivity contribution in [1.29, 1.82) is 0 Å². The average molecular weight is 284 g/mol. The van der Waals surface area contributed by atoms with Crippen molar-refractivity contribution in [2.24, 2.45) is 0 Å². The second-order valence-electron chi connectivity index (χ2n) is 4.48. The normalized spacial score (nSPS) is 10.6. The van der Waals surface area contributed by atoms with Gasteiger partial charge in [0, 0.05) is 18.8 Å². The maximum Gasteiger partial charge on any atom is 0.242 e. The summed E-state index contributed by atoms with van der Waals surface area (Å²) in [5.41, 5.74) is 2.84. The van der Waals surface area contributed by atoms with E-state index in [1.807, 2.05) is 36.5 Å². The monoisotopic (exact) mass is 284 g/mol. The van der Waals surface area contributed by atoms with Crippen LogP contribution in [0.2, 0.25) is 0 Å². The van der Waals surface area contributed by atoms with Crippen molar-refractivity contribution in [3.63, 3.8) is 0 Å². The zero-order valence-corrected chi connectivity index (χ0v) is 12.1. The van der Waals surface area contributed by atoms with Gasteiger partial charge in [0.2, 0.25) is 5.95 Å². The minimum absolute atomic E-state index is 0.597. The summed E-state index contributed by atoms with van der Waals surface area (Å²) in [4.78, 5) is 4.32. The molecule has 0 saturated carbocycles. The fraction of sp³-hybridized carbons (Fsp3) is 0.200. The lowest BCUT2D eigenvalue weighted by Gasteiger charge is -2.09. The van der Waals surface area contributed by atoms with E-state index in [9.17, 15) is 0 Å². The summed E-state index contributed by atoms with van der Waals surface area (Å²) in [5, 5.41) is 7.26. The molecule has 108 valence electrons. The molecule has 0 atom stereocenters. The minimum atomic E-state index is 0.597. The van der Waals surface area contributed by atoms with Crippen molar-refractivity contribution >= 4 is 11.6 Å². The molecule has 0 unspecified atom stereocenters. The smallest absolute Gasteiger partial charge is 0.242 e. The van der Waals surface area contributed by atoms with Gasteiger partial charge in [-0.1, -0.05) is 6.07 Å². The molecule has 1 aromatic carbocycles. The molecule has 2 aromatic heterocycles. The summed E-state index contributed by atoms with van der Waals surface area (Å²) in [7, 11) is 5.05. The zero-order chi connectivity index (χ0) is 14.8. The second kappa shape index (κ2) is 5.32. The van der Waals surface area contributed by atoms with Crippen molar-refractivity contribution in [1.82, 2.24) is 14.6 Å². The van der Waals surface area contributed by atoms with Gasteiger partial charge in [-0.15, -0.1) is 5.10 Å². The first-order valence-corrected chi connectivity index (χ1v) is 6.51. The Balaban J connectivity index is 2.07. The maximum atomic E-state index is 5.34. The highest BCUT2D eigenvalue weighted by molar-refractivity contribution is 5.68. The van der Waals surface area contributed by atoms with Crippen molar-refractivity contribution in [2.75, 3.05) is 26.6 Å². The van der Waals surface area contributed by atoms with E-state index in [2.05, 4.69) is 15.4 Å². The number of aromatic nitrogens is 3. The second-order valence-corrected chi connectivity index (χ2v) is 4.48. The first-order chi connectivity index (χ1) is 10.2. The van der Waals surface area contributed by atoms with E-state index >= 15 is 0 Å². The van der Waals surface area contributed by atoms with Gasteiger partial charge >= 0.3 is 0 Å². The Morgan fingerprint density at radius 2 is 1.76 bits per heavy atom. The third kappa shape index (κ3) is 2.35. The quantitative estimate of drug-likeness (QED) is 0.797. The molecule has 2 heterocycles. The van der Waals surface area contributed by atoms with Gasteiger partial charge in [0.15, 0.2) is 17.1 Å². The fourth-order valence-corrected chi connectivity index (χ4v) is 2.18. The van der Waals surface area contributed by atoms with Gasteiger partial charge in [-0.25, -0.2) is 4.52 Å². The lowest BCUT2D eigenvalue weighted by Crippen LogP contribution is -1.93. The van der Waals surface area contributed by atoms with E-state index in [0.717, 1.165) is 16.8 Å². The number of nitrogens with zero attached hydrogens (tertiary/aromatic N) is 3. The lowest BCUT2D eigenvalue weighted by molar-refractivity contribution is 0.355. The van der Waals surface area contributed by atoms with Crippen LogP contribution >= 0.6 is 0 Å². The predicted molar refractivity (Wildman–Crippen MR) is 81.1 cm³/mol. The number of pyridine rings is 1. The van der Waals surface area contributed by atoms with Crippen molar-refractivity contribution < 1.29 is 9.47 Å². The van der Waals surface area contributed by atoms with E-state index in [1.165, 1.54) is 0 Å². The number of hydrogen-bond donors (Lipinski definition) is 1. The number of anilines is 1. The first kappa shape index (κ1) is 13.2. The van der Waals surface area contributed by atoms with Crippen LogP contribution in [-0.4, -0.2) is 35.9 Å². The molecule has 3 aromatic rings. The predicted octanol–water partition coefficient (Wildman–Crippen LogP) is 2.46. The summed E-state index contributed by atoms with van der Waals surface area (Å²) in [6.45, 7) is 0. The summed E-state index contributed by atoms with van der Waals surface area (Å²) in [6.07, 6.45) is 1.93. The van der Waals surface area contributed by atoms with Crippen LogP contribution in [0.1, 0.15) is 0 Å². The fourth-order valence-electron chi connectivity index (χ4n) is 2.18. The van der Waals surface area contributed by atoms with Gasteiger partial charge in [0.05, 0.1) is 14.2 Å². The van der Waals surface area contributed by atoms with Gasteiger partial charge in [-0.05, 0) is 29.8 Å². The Kier molecular flexibility index (Phi) is 3.35. The number of hydrogen-bond acceptors (Lipinski definition) is 5. The topological polar surface area (TPSA) is 60.7 Å². The van der Waals surface area contributed by atoms with Gasteiger partial charge in [-0.3, -0.25) is 0 Å². The van der Waals surface area contributed by atoms with Crippen LogP contribution in [0.25, 0.3) is 16.8 Å². The van der Waals surface area contributed by atoms with Crippen molar-refractivity contribution in [3.8, 4) is 22.6 Å². The van der Waals surface area contributed by atoms with Crippen LogP contribution in [0.3, 0.4) is 0 Å². The van der Waals surface area contributed by atoms with Gasteiger partial charge in [0.25, 0.3) is 0 Å². The largest absolute Gasteiger partial charge is 0.493 e. The van der Waals surface area contributed by atoms with Gasteiger partial charge < -0.3 is 14.8 Å². The van der Waals surface area contributed by atoms with E-state index in [0.29, 0.717) is 17.4 Å². The van der Waals surface area contributed by atoms with Gasteiger partial charge in [-0.2, -0.15) is 4.98 Å². The molecule has 0 aliphatic heterocycles. The molecule has 0 radical (unpaired) electrons. The third-order valence-corrected chi connectivity index (χ3v) is 3.27. The highest BCUT2D eigenvalue weighted by Crippen LogP contribution is 2.32. The van der Waals surface area contributed by atoms with Crippen LogP contribution in [0.15, 0.2) is 36.5 Å². The van der Waals surface area contributed by atoms with E-state index in [-0.39, 0.29) is 0 Å². The number of benzene rings is 1. The van der Waals surface area contributed by atoms with Crippen LogP contribution in [-0.2, 0) is 0 Å². The Labute approximate surface area is 122 Å². The number of methoxy groups -OCH3 is 2. The summed E-state index contributed by atoms with van der Waals surface area (Å²) in [6, 6.07) is 9.75.